The molecule has 1 aromatic carbocycles. The number of para-hydroxylation sites is 1. The largest absolute Gasteiger partial charge is 0.325 e. The van der Waals surface area contributed by atoms with Gasteiger partial charge in [-0.25, -0.2) is 0 Å². The van der Waals surface area contributed by atoms with Gasteiger partial charge in [0.05, 0.1) is 5.41 Å². The summed E-state index contributed by atoms with van der Waals surface area (Å²) in [5.41, 5.74) is 1.98. The fourth-order valence-electron chi connectivity index (χ4n) is 3.12. The van der Waals surface area contributed by atoms with Crippen LogP contribution in [0.15, 0.2) is 24.3 Å². The first kappa shape index (κ1) is 10.8. The molecule has 2 aliphatic rings. The lowest BCUT2D eigenvalue weighted by atomic mass is 9.74. The van der Waals surface area contributed by atoms with Crippen molar-refractivity contribution in [2.24, 2.45) is 0 Å². The molecule has 0 unspecified atom stereocenters. The highest BCUT2D eigenvalue weighted by atomic mass is 16.2. The smallest absolute Gasteiger partial charge is 0.235 e. The van der Waals surface area contributed by atoms with Crippen LogP contribution in [0.4, 0.5) is 5.69 Å². The standard InChI is InChI=1S/C14H18N2O/c1-2-16-9-7-14(8-10-16)11-5-3-4-6-12(11)15-13(14)17/h3-6H,2,7-10H2,1H3,(H,15,17). The molecule has 1 aromatic rings. The number of anilines is 1. The fraction of sp³-hybridized carbons (Fsp3) is 0.500. The van der Waals surface area contributed by atoms with Crippen LogP contribution in [0, 0.1) is 0 Å². The first-order valence-corrected chi connectivity index (χ1v) is 6.39. The van der Waals surface area contributed by atoms with Crippen LogP contribution >= 0.6 is 0 Å². The number of piperidine rings is 1. The Morgan fingerprint density at radius 2 is 2.00 bits per heavy atom. The Labute approximate surface area is 102 Å². The molecular weight excluding hydrogens is 212 g/mol. The lowest BCUT2D eigenvalue weighted by Gasteiger charge is -2.37. The molecule has 2 aliphatic heterocycles. The van der Waals surface area contributed by atoms with Crippen molar-refractivity contribution in [3.8, 4) is 0 Å². The summed E-state index contributed by atoms with van der Waals surface area (Å²) in [7, 11) is 0. The van der Waals surface area contributed by atoms with E-state index >= 15 is 0 Å². The van der Waals surface area contributed by atoms with Crippen molar-refractivity contribution >= 4 is 11.6 Å². The zero-order chi connectivity index (χ0) is 11.9. The third-order valence-electron chi connectivity index (χ3n) is 4.28. The van der Waals surface area contributed by atoms with E-state index in [-0.39, 0.29) is 11.3 Å². The molecule has 1 N–H and O–H groups in total. The summed E-state index contributed by atoms with van der Waals surface area (Å²) in [5.74, 6) is 0.203. The predicted octanol–water partition coefficient (Wildman–Crippen LogP) is 1.99. The van der Waals surface area contributed by atoms with Gasteiger partial charge in [-0.1, -0.05) is 25.1 Å². The van der Waals surface area contributed by atoms with Crippen LogP contribution in [0.2, 0.25) is 0 Å². The summed E-state index contributed by atoms with van der Waals surface area (Å²) in [6.07, 6.45) is 1.90. The Morgan fingerprint density at radius 1 is 1.29 bits per heavy atom. The Bertz CT molecular complexity index is 447. The summed E-state index contributed by atoms with van der Waals surface area (Å²) < 4.78 is 0. The lowest BCUT2D eigenvalue weighted by molar-refractivity contribution is -0.122. The van der Waals surface area contributed by atoms with Gasteiger partial charge in [0.1, 0.15) is 0 Å². The summed E-state index contributed by atoms with van der Waals surface area (Å²) in [5, 5.41) is 3.03. The molecule has 0 saturated carbocycles. The molecule has 17 heavy (non-hydrogen) atoms. The van der Waals surface area contributed by atoms with E-state index in [1.54, 1.807) is 0 Å². The van der Waals surface area contributed by atoms with E-state index in [1.807, 2.05) is 18.2 Å². The molecule has 0 aliphatic carbocycles. The molecule has 3 heteroatoms. The molecule has 0 aromatic heterocycles. The van der Waals surface area contributed by atoms with Gasteiger partial charge < -0.3 is 10.2 Å². The molecular formula is C14H18N2O. The average Bonchev–Trinajstić information content (AvgIpc) is 2.64. The van der Waals surface area contributed by atoms with Gasteiger partial charge in [-0.2, -0.15) is 0 Å². The molecule has 1 amide bonds. The Balaban J connectivity index is 1.95. The minimum atomic E-state index is -0.248. The highest BCUT2D eigenvalue weighted by Gasteiger charge is 2.47. The summed E-state index contributed by atoms with van der Waals surface area (Å²) in [4.78, 5) is 14.7. The van der Waals surface area contributed by atoms with Crippen molar-refractivity contribution in [3.63, 3.8) is 0 Å². The average molecular weight is 230 g/mol. The van der Waals surface area contributed by atoms with Gasteiger partial charge in [-0.3, -0.25) is 4.79 Å². The van der Waals surface area contributed by atoms with Gasteiger partial charge in [-0.05, 0) is 44.1 Å². The highest BCUT2D eigenvalue weighted by molar-refractivity contribution is 6.06. The number of likely N-dealkylation sites (tertiary alicyclic amines) is 1. The molecule has 0 bridgehead atoms. The first-order valence-electron chi connectivity index (χ1n) is 6.39. The first-order chi connectivity index (χ1) is 8.26. The van der Waals surface area contributed by atoms with E-state index < -0.39 is 0 Å². The normalized spacial score (nSPS) is 22.5. The minimum absolute atomic E-state index is 0.203. The van der Waals surface area contributed by atoms with Gasteiger partial charge in [0.2, 0.25) is 5.91 Å². The van der Waals surface area contributed by atoms with E-state index in [2.05, 4.69) is 23.2 Å². The highest BCUT2D eigenvalue weighted by Crippen LogP contribution is 2.44. The third-order valence-corrected chi connectivity index (χ3v) is 4.28. The number of hydrogen-bond acceptors (Lipinski definition) is 2. The van der Waals surface area contributed by atoms with Crippen LogP contribution in [0.5, 0.6) is 0 Å². The molecule has 1 spiro atoms. The van der Waals surface area contributed by atoms with Crippen LogP contribution < -0.4 is 5.32 Å². The molecule has 3 nitrogen and oxygen atoms in total. The maximum absolute atomic E-state index is 12.3. The van der Waals surface area contributed by atoms with Crippen LogP contribution in [-0.2, 0) is 10.2 Å². The number of fused-ring (bicyclic) bond motifs is 2. The second-order valence-electron chi connectivity index (χ2n) is 5.02. The summed E-state index contributed by atoms with van der Waals surface area (Å²) >= 11 is 0. The number of rotatable bonds is 1. The maximum Gasteiger partial charge on any atom is 0.235 e. The molecule has 0 atom stereocenters. The zero-order valence-corrected chi connectivity index (χ0v) is 10.2. The topological polar surface area (TPSA) is 32.3 Å². The number of nitrogens with zero attached hydrogens (tertiary/aromatic N) is 1. The van der Waals surface area contributed by atoms with E-state index in [0.29, 0.717) is 0 Å². The van der Waals surface area contributed by atoms with Crippen molar-refractivity contribution in [2.45, 2.75) is 25.2 Å². The molecule has 3 rings (SSSR count). The Morgan fingerprint density at radius 3 is 2.71 bits per heavy atom. The van der Waals surface area contributed by atoms with E-state index in [1.165, 1.54) is 5.56 Å². The quantitative estimate of drug-likeness (QED) is 0.800. The third kappa shape index (κ3) is 1.49. The van der Waals surface area contributed by atoms with E-state index in [4.69, 9.17) is 0 Å². The molecule has 90 valence electrons. The molecule has 1 saturated heterocycles. The molecule has 2 heterocycles. The van der Waals surface area contributed by atoms with Crippen molar-refractivity contribution in [1.82, 2.24) is 4.90 Å². The Hall–Kier alpha value is -1.35. The lowest BCUT2D eigenvalue weighted by Crippen LogP contribution is -2.46. The number of nitrogens with one attached hydrogen (secondary N) is 1. The van der Waals surface area contributed by atoms with Gasteiger partial charge in [0, 0.05) is 5.69 Å². The van der Waals surface area contributed by atoms with Crippen molar-refractivity contribution < 1.29 is 4.79 Å². The summed E-state index contributed by atoms with van der Waals surface area (Å²) in [6, 6.07) is 8.13. The second-order valence-corrected chi connectivity index (χ2v) is 5.02. The van der Waals surface area contributed by atoms with Gasteiger partial charge >= 0.3 is 0 Å². The number of carbonyl (C=O) groups is 1. The van der Waals surface area contributed by atoms with Gasteiger partial charge in [-0.15, -0.1) is 0 Å². The summed E-state index contributed by atoms with van der Waals surface area (Å²) in [6.45, 7) is 5.32. The molecule has 1 fully saturated rings. The number of carbonyl (C=O) groups excluding carboxylic acids is 1. The SMILES string of the molecule is CCN1CCC2(CC1)C(=O)Nc1ccccc12. The second kappa shape index (κ2) is 3.84. The van der Waals surface area contributed by atoms with Gasteiger partial charge in [0.15, 0.2) is 0 Å². The molecule has 0 radical (unpaired) electrons. The number of amides is 1. The number of hydrogen-bond donors (Lipinski definition) is 1. The van der Waals surface area contributed by atoms with Crippen LogP contribution in [0.1, 0.15) is 25.3 Å². The zero-order valence-electron chi connectivity index (χ0n) is 10.2. The monoisotopic (exact) mass is 230 g/mol. The maximum atomic E-state index is 12.3. The van der Waals surface area contributed by atoms with Crippen LogP contribution in [-0.4, -0.2) is 30.4 Å². The van der Waals surface area contributed by atoms with Crippen molar-refractivity contribution in [1.29, 1.82) is 0 Å². The minimum Gasteiger partial charge on any atom is -0.325 e. The van der Waals surface area contributed by atoms with Crippen LogP contribution in [0.3, 0.4) is 0 Å². The number of benzene rings is 1. The van der Waals surface area contributed by atoms with Crippen molar-refractivity contribution in [2.75, 3.05) is 25.0 Å². The van der Waals surface area contributed by atoms with Gasteiger partial charge in [0.25, 0.3) is 0 Å². The van der Waals surface area contributed by atoms with E-state index in [0.717, 1.165) is 38.2 Å². The van der Waals surface area contributed by atoms with Crippen molar-refractivity contribution in [3.05, 3.63) is 29.8 Å². The van der Waals surface area contributed by atoms with E-state index in [9.17, 15) is 4.79 Å². The van der Waals surface area contributed by atoms with Crippen LogP contribution in [0.25, 0.3) is 0 Å². The predicted molar refractivity (Wildman–Crippen MR) is 68.1 cm³/mol. The Kier molecular flexibility index (Phi) is 2.44. The fourth-order valence-corrected chi connectivity index (χ4v) is 3.12.